The van der Waals surface area contributed by atoms with Crippen LogP contribution in [0.3, 0.4) is 0 Å². The number of hydrogen-bond donors (Lipinski definition) is 1. The Morgan fingerprint density at radius 1 is 1.22 bits per heavy atom. The van der Waals surface area contributed by atoms with Gasteiger partial charge in [-0.05, 0) is 37.6 Å². The van der Waals surface area contributed by atoms with Crippen LogP contribution >= 0.6 is 0 Å². The highest BCUT2D eigenvalue weighted by Crippen LogP contribution is 2.24. The molecule has 0 unspecified atom stereocenters. The third-order valence-electron chi connectivity index (χ3n) is 3.25. The van der Waals surface area contributed by atoms with Gasteiger partial charge in [-0.25, -0.2) is 0 Å². The average Bonchev–Trinajstić information content (AvgIpc) is 2.71. The lowest BCUT2D eigenvalue weighted by Crippen LogP contribution is -2.11. The molecule has 0 spiro atoms. The monoisotopic (exact) mass is 243 g/mol. The van der Waals surface area contributed by atoms with Gasteiger partial charge in [0.15, 0.2) is 0 Å². The molecule has 0 aliphatic heterocycles. The molecule has 0 saturated heterocycles. The Labute approximate surface area is 109 Å². The van der Waals surface area contributed by atoms with Crippen molar-refractivity contribution < 1.29 is 0 Å². The molecular weight excluding hydrogens is 222 g/mol. The Hall–Kier alpha value is -1.61. The molecule has 2 rings (SSSR count). The summed E-state index contributed by atoms with van der Waals surface area (Å²) < 4.78 is 1.89. The fraction of sp³-hybridized carbons (Fsp3) is 0.400. The van der Waals surface area contributed by atoms with Gasteiger partial charge in [0.05, 0.1) is 5.69 Å². The van der Waals surface area contributed by atoms with Gasteiger partial charge in [-0.15, -0.1) is 0 Å². The summed E-state index contributed by atoms with van der Waals surface area (Å²) in [7, 11) is 1.97. The fourth-order valence-corrected chi connectivity index (χ4v) is 2.06. The zero-order chi connectivity index (χ0) is 13.1. The van der Waals surface area contributed by atoms with Crippen LogP contribution in [-0.4, -0.2) is 16.3 Å². The first-order chi connectivity index (χ1) is 8.61. The number of rotatable bonds is 4. The highest BCUT2D eigenvalue weighted by atomic mass is 15.3. The van der Waals surface area contributed by atoms with Crippen molar-refractivity contribution in [3.63, 3.8) is 0 Å². The molecule has 1 aromatic heterocycles. The minimum Gasteiger partial charge on any atom is -0.313 e. The first kappa shape index (κ1) is 12.8. The van der Waals surface area contributed by atoms with Gasteiger partial charge in [0.2, 0.25) is 0 Å². The summed E-state index contributed by atoms with van der Waals surface area (Å²) in [6, 6.07) is 6.53. The van der Waals surface area contributed by atoms with Crippen molar-refractivity contribution in [2.45, 2.75) is 27.3 Å². The van der Waals surface area contributed by atoms with E-state index in [-0.39, 0.29) is 0 Å². The molecule has 0 saturated carbocycles. The standard InChI is InChI=1S/C15H21N3/c1-5-16-9-14-10-18(4)17-15(14)13-7-6-11(2)12(3)8-13/h6-8,10,16H,5,9H2,1-4H3. The predicted molar refractivity (Wildman–Crippen MR) is 75.5 cm³/mol. The second kappa shape index (κ2) is 5.36. The maximum atomic E-state index is 4.58. The van der Waals surface area contributed by atoms with E-state index in [0.29, 0.717) is 0 Å². The first-order valence-electron chi connectivity index (χ1n) is 6.42. The minimum absolute atomic E-state index is 0.868. The number of nitrogens with one attached hydrogen (secondary N) is 1. The van der Waals surface area contributed by atoms with Crippen molar-refractivity contribution in [1.82, 2.24) is 15.1 Å². The number of benzene rings is 1. The Morgan fingerprint density at radius 2 is 2.00 bits per heavy atom. The molecule has 18 heavy (non-hydrogen) atoms. The van der Waals surface area contributed by atoms with E-state index >= 15 is 0 Å². The third kappa shape index (κ3) is 2.62. The fourth-order valence-electron chi connectivity index (χ4n) is 2.06. The first-order valence-corrected chi connectivity index (χ1v) is 6.42. The topological polar surface area (TPSA) is 29.9 Å². The molecule has 1 N–H and O–H groups in total. The summed E-state index contributed by atoms with van der Waals surface area (Å²) >= 11 is 0. The van der Waals surface area contributed by atoms with E-state index in [2.05, 4.69) is 55.6 Å². The van der Waals surface area contributed by atoms with Gasteiger partial charge in [0, 0.05) is 30.9 Å². The zero-order valence-electron chi connectivity index (χ0n) is 11.6. The molecule has 1 aromatic carbocycles. The molecule has 0 amide bonds. The smallest absolute Gasteiger partial charge is 0.0968 e. The number of nitrogens with zero attached hydrogens (tertiary/aromatic N) is 2. The van der Waals surface area contributed by atoms with Gasteiger partial charge in [-0.1, -0.05) is 19.1 Å². The number of aromatic nitrogens is 2. The molecule has 3 nitrogen and oxygen atoms in total. The van der Waals surface area contributed by atoms with Crippen LogP contribution in [0, 0.1) is 13.8 Å². The van der Waals surface area contributed by atoms with Crippen molar-refractivity contribution in [1.29, 1.82) is 0 Å². The molecule has 96 valence electrons. The maximum absolute atomic E-state index is 4.58. The molecule has 2 aromatic rings. The van der Waals surface area contributed by atoms with E-state index in [4.69, 9.17) is 0 Å². The minimum atomic E-state index is 0.868. The van der Waals surface area contributed by atoms with Crippen molar-refractivity contribution in [2.75, 3.05) is 6.54 Å². The lowest BCUT2D eigenvalue weighted by molar-refractivity contribution is 0.724. The average molecular weight is 243 g/mol. The van der Waals surface area contributed by atoms with Gasteiger partial charge < -0.3 is 5.32 Å². The van der Waals surface area contributed by atoms with Crippen LogP contribution < -0.4 is 5.32 Å². The van der Waals surface area contributed by atoms with Crippen molar-refractivity contribution in [3.8, 4) is 11.3 Å². The van der Waals surface area contributed by atoms with E-state index < -0.39 is 0 Å². The van der Waals surface area contributed by atoms with Gasteiger partial charge in [-0.3, -0.25) is 4.68 Å². The van der Waals surface area contributed by atoms with E-state index in [0.717, 1.165) is 18.8 Å². The van der Waals surface area contributed by atoms with Crippen molar-refractivity contribution >= 4 is 0 Å². The zero-order valence-corrected chi connectivity index (χ0v) is 11.6. The highest BCUT2D eigenvalue weighted by molar-refractivity contribution is 5.64. The molecule has 0 aliphatic carbocycles. The molecule has 0 fully saturated rings. The molecule has 0 atom stereocenters. The van der Waals surface area contributed by atoms with Crippen LogP contribution in [0.15, 0.2) is 24.4 Å². The van der Waals surface area contributed by atoms with Gasteiger partial charge >= 0.3 is 0 Å². The van der Waals surface area contributed by atoms with Crippen LogP contribution in [0.1, 0.15) is 23.6 Å². The van der Waals surface area contributed by atoms with Crippen LogP contribution in [0.4, 0.5) is 0 Å². The second-order valence-electron chi connectivity index (χ2n) is 4.76. The van der Waals surface area contributed by atoms with Crippen LogP contribution in [0.2, 0.25) is 0 Å². The quantitative estimate of drug-likeness (QED) is 0.895. The van der Waals surface area contributed by atoms with E-state index in [1.54, 1.807) is 0 Å². The summed E-state index contributed by atoms with van der Waals surface area (Å²) in [6.07, 6.45) is 2.09. The van der Waals surface area contributed by atoms with E-state index in [9.17, 15) is 0 Å². The van der Waals surface area contributed by atoms with Crippen LogP contribution in [0.5, 0.6) is 0 Å². The van der Waals surface area contributed by atoms with Gasteiger partial charge in [0.25, 0.3) is 0 Å². The van der Waals surface area contributed by atoms with Crippen LogP contribution in [-0.2, 0) is 13.6 Å². The summed E-state index contributed by atoms with van der Waals surface area (Å²) in [6.45, 7) is 8.24. The highest BCUT2D eigenvalue weighted by Gasteiger charge is 2.10. The molecule has 0 aliphatic rings. The van der Waals surface area contributed by atoms with Crippen molar-refractivity contribution in [3.05, 3.63) is 41.1 Å². The lowest BCUT2D eigenvalue weighted by Gasteiger charge is -2.06. The Bertz CT molecular complexity index is 541. The summed E-state index contributed by atoms with van der Waals surface area (Å²) in [5.74, 6) is 0. The number of hydrogen-bond acceptors (Lipinski definition) is 2. The Balaban J connectivity index is 2.39. The molecule has 0 bridgehead atoms. The summed E-state index contributed by atoms with van der Waals surface area (Å²) in [5, 5.41) is 7.94. The molecule has 0 radical (unpaired) electrons. The Morgan fingerprint density at radius 3 is 2.67 bits per heavy atom. The van der Waals surface area contributed by atoms with Gasteiger partial charge in [-0.2, -0.15) is 5.10 Å². The third-order valence-corrected chi connectivity index (χ3v) is 3.25. The van der Waals surface area contributed by atoms with E-state index in [1.807, 2.05) is 11.7 Å². The predicted octanol–water partition coefficient (Wildman–Crippen LogP) is 2.81. The molecule has 3 heteroatoms. The summed E-state index contributed by atoms with van der Waals surface area (Å²) in [5.41, 5.74) is 6.17. The van der Waals surface area contributed by atoms with Gasteiger partial charge in [0.1, 0.15) is 0 Å². The molecule has 1 heterocycles. The maximum Gasteiger partial charge on any atom is 0.0968 e. The van der Waals surface area contributed by atoms with E-state index in [1.165, 1.54) is 22.3 Å². The van der Waals surface area contributed by atoms with Crippen molar-refractivity contribution in [2.24, 2.45) is 7.05 Å². The molecular formula is C15H21N3. The largest absolute Gasteiger partial charge is 0.313 e. The summed E-state index contributed by atoms with van der Waals surface area (Å²) in [4.78, 5) is 0. The lowest BCUT2D eigenvalue weighted by atomic mass is 10.0. The normalized spacial score (nSPS) is 10.9. The SMILES string of the molecule is CCNCc1cn(C)nc1-c1ccc(C)c(C)c1. The number of aryl methyl sites for hydroxylation is 3. The van der Waals surface area contributed by atoms with Crippen LogP contribution in [0.25, 0.3) is 11.3 Å². The second-order valence-corrected chi connectivity index (χ2v) is 4.76. The Kier molecular flexibility index (Phi) is 3.82.